The van der Waals surface area contributed by atoms with Crippen LogP contribution in [0.2, 0.25) is 5.02 Å². The van der Waals surface area contributed by atoms with E-state index in [9.17, 15) is 13.2 Å². The molecule has 2 aromatic heterocycles. The van der Waals surface area contributed by atoms with E-state index < -0.39 is 10.0 Å². The summed E-state index contributed by atoms with van der Waals surface area (Å²) >= 11 is 8.42. The summed E-state index contributed by atoms with van der Waals surface area (Å²) in [5, 5.41) is 8.83. The van der Waals surface area contributed by atoms with Gasteiger partial charge in [-0.25, -0.2) is 17.9 Å². The minimum absolute atomic E-state index is 0.194. The topological polar surface area (TPSA) is 186 Å². The van der Waals surface area contributed by atoms with E-state index in [1.165, 1.54) is 12.1 Å². The fourth-order valence-corrected chi connectivity index (χ4v) is 8.23. The van der Waals surface area contributed by atoms with E-state index in [-0.39, 0.29) is 23.2 Å². The molecule has 2 aliphatic rings. The first-order valence-electron chi connectivity index (χ1n) is 21.2. The van der Waals surface area contributed by atoms with Crippen molar-refractivity contribution in [3.63, 3.8) is 0 Å². The third-order valence-electron chi connectivity index (χ3n) is 10.1. The lowest BCUT2D eigenvalue weighted by Gasteiger charge is -2.35. The predicted octanol–water partition coefficient (Wildman–Crippen LogP) is 4.12. The van der Waals surface area contributed by atoms with Gasteiger partial charge < -0.3 is 53.0 Å². The van der Waals surface area contributed by atoms with Crippen LogP contribution >= 0.6 is 34.2 Å². The minimum atomic E-state index is -3.62. The van der Waals surface area contributed by atoms with E-state index >= 15 is 0 Å². The third kappa shape index (κ3) is 17.5. The Labute approximate surface area is 384 Å². The Kier molecular flexibility index (Phi) is 22.6. The number of fused-ring (bicyclic) bond motifs is 1. The van der Waals surface area contributed by atoms with E-state index in [1.807, 2.05) is 19.2 Å². The predicted molar refractivity (Wildman–Crippen MR) is 244 cm³/mol. The van der Waals surface area contributed by atoms with Crippen LogP contribution in [0, 0.1) is 6.92 Å². The number of anilines is 2. The van der Waals surface area contributed by atoms with Crippen molar-refractivity contribution in [3.8, 4) is 0 Å². The Hall–Kier alpha value is -2.48. The van der Waals surface area contributed by atoms with Crippen molar-refractivity contribution in [2.24, 2.45) is 0 Å². The quantitative estimate of drug-likeness (QED) is 0.0533. The van der Waals surface area contributed by atoms with Crippen LogP contribution in [-0.4, -0.2) is 176 Å². The summed E-state index contributed by atoms with van der Waals surface area (Å²) in [6.45, 7) is 12.9. The van der Waals surface area contributed by atoms with Crippen LogP contribution in [0.5, 0.6) is 0 Å². The molecule has 2 fully saturated rings. The molecule has 0 saturated carbocycles. The Bertz CT molecular complexity index is 1900. The number of benzene rings is 1. The molecule has 3 aromatic rings. The van der Waals surface area contributed by atoms with Crippen LogP contribution in [0.25, 0.3) is 5.65 Å². The Balaban J connectivity index is 0.916. The molecule has 2 saturated heterocycles. The molecule has 0 spiro atoms. The van der Waals surface area contributed by atoms with Gasteiger partial charge in [0.2, 0.25) is 10.0 Å². The fourth-order valence-electron chi connectivity index (χ4n) is 7.17. The number of ether oxygens (including phenoxy) is 8. The summed E-state index contributed by atoms with van der Waals surface area (Å²) in [6, 6.07) is 6.54. The second-order valence-electron chi connectivity index (χ2n) is 14.9. The molecule has 0 radical (unpaired) electrons. The molecule has 4 heterocycles. The van der Waals surface area contributed by atoms with Gasteiger partial charge in [-0.2, -0.15) is 5.10 Å². The second-order valence-corrected chi connectivity index (χ2v) is 17.7. The minimum Gasteiger partial charge on any atom is -0.378 e. The van der Waals surface area contributed by atoms with Crippen molar-refractivity contribution in [2.45, 2.75) is 44.7 Å². The van der Waals surface area contributed by atoms with Crippen molar-refractivity contribution in [2.75, 3.05) is 146 Å². The van der Waals surface area contributed by atoms with E-state index in [0.29, 0.717) is 127 Å². The number of likely N-dealkylation sites (tertiary alicyclic amines) is 1. The first-order valence-corrected chi connectivity index (χ1v) is 25.0. The van der Waals surface area contributed by atoms with Crippen molar-refractivity contribution in [3.05, 3.63) is 52.3 Å². The zero-order valence-corrected chi connectivity index (χ0v) is 39.6. The number of piperidine rings is 1. The average Bonchev–Trinajstić information content (AvgIpc) is 3.90. The molecule has 18 nitrogen and oxygen atoms in total. The van der Waals surface area contributed by atoms with Gasteiger partial charge in [-0.05, 0) is 50.8 Å². The molecule has 1 aromatic carbocycles. The summed E-state index contributed by atoms with van der Waals surface area (Å²) in [5.41, 5.74) is 2.85. The molecule has 2 atom stereocenters. The highest BCUT2D eigenvalue weighted by Crippen LogP contribution is 2.34. The molecular formula is C41H63ClIN7O11S. The summed E-state index contributed by atoms with van der Waals surface area (Å²) in [6.07, 6.45) is 6.51. The van der Waals surface area contributed by atoms with Crippen LogP contribution in [-0.2, 0) is 47.9 Å². The molecular weight excluding hydrogens is 961 g/mol. The lowest BCUT2D eigenvalue weighted by atomic mass is 9.98. The summed E-state index contributed by atoms with van der Waals surface area (Å²) in [5.74, 6) is 0.613. The fraction of sp³-hybridized carbons (Fsp3) is 0.683. The number of rotatable bonds is 31. The number of nitrogens with zero attached hydrogens (tertiary/aromatic N) is 5. The number of amides is 1. The van der Waals surface area contributed by atoms with E-state index in [0.717, 1.165) is 68.6 Å². The van der Waals surface area contributed by atoms with Crippen LogP contribution in [0.1, 0.15) is 53.3 Å². The monoisotopic (exact) mass is 1020 g/mol. The van der Waals surface area contributed by atoms with Gasteiger partial charge in [-0.1, -0.05) is 34.2 Å². The van der Waals surface area contributed by atoms with Crippen molar-refractivity contribution in [1.82, 2.24) is 24.8 Å². The number of aryl methyl sites for hydroxylation is 1. The standard InChI is InChI=1S/C41H63ClIN7O11S/c1-32-29-50-39(28-37(46-50)38-5-3-4-10-49(38)41(51)35-27-33(42)6-7-36(35)47-62(2,52)53)45-40(32)48-11-8-34(30-48)44-9-12-54-13-14-55-15-16-56-17-18-57-19-20-58-21-22-59-23-24-60-25-26-61-31-43/h6-7,27-29,34,38,44,47H,3-5,8-26,30-31H2,1-2H3/t34-,38-/m0/s1. The van der Waals surface area contributed by atoms with Gasteiger partial charge in [0.1, 0.15) is 5.82 Å². The Morgan fingerprint density at radius 1 is 0.806 bits per heavy atom. The zero-order chi connectivity index (χ0) is 44.0. The lowest BCUT2D eigenvalue weighted by molar-refractivity contribution is -0.0221. The van der Waals surface area contributed by atoms with Gasteiger partial charge in [0.05, 0.1) is 133 Å². The molecule has 2 aliphatic heterocycles. The smallest absolute Gasteiger partial charge is 0.256 e. The van der Waals surface area contributed by atoms with Gasteiger partial charge in [0.15, 0.2) is 5.65 Å². The van der Waals surface area contributed by atoms with Gasteiger partial charge in [0, 0.05) is 55.1 Å². The molecule has 0 unspecified atom stereocenters. The Morgan fingerprint density at radius 2 is 1.39 bits per heavy atom. The van der Waals surface area contributed by atoms with Crippen LogP contribution < -0.4 is 14.9 Å². The number of carbonyl (C=O) groups excluding carboxylic acids is 1. The largest absolute Gasteiger partial charge is 0.378 e. The van der Waals surface area contributed by atoms with Gasteiger partial charge in [-0.3, -0.25) is 9.52 Å². The number of hydrogen-bond acceptors (Lipinski definition) is 15. The maximum absolute atomic E-state index is 14.0. The number of nitrogens with one attached hydrogen (secondary N) is 2. The normalized spacial score (nSPS) is 17.1. The van der Waals surface area contributed by atoms with Crippen molar-refractivity contribution >= 4 is 67.3 Å². The van der Waals surface area contributed by atoms with Crippen LogP contribution in [0.3, 0.4) is 0 Å². The molecule has 348 valence electrons. The number of hydrogen-bond donors (Lipinski definition) is 2. The zero-order valence-electron chi connectivity index (χ0n) is 35.9. The third-order valence-corrected chi connectivity index (χ3v) is 11.4. The molecule has 62 heavy (non-hydrogen) atoms. The van der Waals surface area contributed by atoms with E-state index in [1.54, 1.807) is 15.5 Å². The van der Waals surface area contributed by atoms with Crippen LogP contribution in [0.15, 0.2) is 30.5 Å². The lowest BCUT2D eigenvalue weighted by Crippen LogP contribution is -2.39. The highest BCUT2D eigenvalue weighted by Gasteiger charge is 2.33. The summed E-state index contributed by atoms with van der Waals surface area (Å²) < 4.78 is 73.0. The molecule has 0 bridgehead atoms. The van der Waals surface area contributed by atoms with Crippen molar-refractivity contribution in [1.29, 1.82) is 0 Å². The van der Waals surface area contributed by atoms with Crippen LogP contribution in [0.4, 0.5) is 11.5 Å². The van der Waals surface area contributed by atoms with Crippen molar-refractivity contribution < 1.29 is 51.1 Å². The van der Waals surface area contributed by atoms with E-state index in [4.69, 9.17) is 59.6 Å². The number of aromatic nitrogens is 3. The summed E-state index contributed by atoms with van der Waals surface area (Å²) in [4.78, 5) is 23.1. The maximum atomic E-state index is 14.0. The molecule has 21 heteroatoms. The second kappa shape index (κ2) is 27.8. The number of sulfonamides is 1. The SMILES string of the molecule is Cc1cn2nc([C@@H]3CCCCN3C(=O)c3cc(Cl)ccc3NS(C)(=O)=O)cc2nc1N1CC[C@H](NCCOCCOCCOCCOCCOCCOCCOCCOCI)C1. The number of carbonyl (C=O) groups is 1. The number of alkyl halides is 1. The van der Waals surface area contributed by atoms with Gasteiger partial charge in [-0.15, -0.1) is 0 Å². The maximum Gasteiger partial charge on any atom is 0.256 e. The molecule has 5 rings (SSSR count). The number of halogens is 2. The average molecular weight is 1020 g/mol. The van der Waals surface area contributed by atoms with Gasteiger partial charge in [0.25, 0.3) is 5.91 Å². The van der Waals surface area contributed by atoms with E-state index in [2.05, 4.69) is 37.5 Å². The Morgan fingerprint density at radius 3 is 1.97 bits per heavy atom. The first kappa shape index (κ1) is 50.5. The highest BCUT2D eigenvalue weighted by atomic mass is 127. The molecule has 2 N–H and O–H groups in total. The van der Waals surface area contributed by atoms with Gasteiger partial charge >= 0.3 is 0 Å². The molecule has 1 amide bonds. The summed E-state index contributed by atoms with van der Waals surface area (Å²) in [7, 11) is -3.62. The molecule has 0 aliphatic carbocycles. The first-order chi connectivity index (χ1) is 30.1. The highest BCUT2D eigenvalue weighted by molar-refractivity contribution is 14.1.